The average Bonchev–Trinajstić information content (AvgIpc) is 1.83. The van der Waals surface area contributed by atoms with Gasteiger partial charge in [0.2, 0.25) is 0 Å². The van der Waals surface area contributed by atoms with Crippen molar-refractivity contribution in [3.05, 3.63) is 5.21 Å². The summed E-state index contributed by atoms with van der Waals surface area (Å²) < 4.78 is 0. The minimum Gasteiger partial charge on any atom is -0.380 e. The van der Waals surface area contributed by atoms with Crippen LogP contribution in [0.4, 0.5) is 0 Å². The van der Waals surface area contributed by atoms with Crippen LogP contribution in [-0.2, 0) is 4.84 Å². The summed E-state index contributed by atoms with van der Waals surface area (Å²) >= 11 is 0. The molecule has 0 saturated heterocycles. The Balaban J connectivity index is 3.12. The van der Waals surface area contributed by atoms with Gasteiger partial charge in [0.05, 0.1) is 13.7 Å². The molecule has 0 bridgehead atoms. The molecule has 0 amide bonds. The monoisotopic (exact) mass is 118 g/mol. The smallest absolute Gasteiger partial charge is 0.168 e. The predicted octanol–water partition coefficient (Wildman–Crippen LogP) is 0.920. The van der Waals surface area contributed by atoms with E-state index in [2.05, 4.69) is 9.95 Å². The van der Waals surface area contributed by atoms with Gasteiger partial charge < -0.3 is 4.84 Å². The first kappa shape index (κ1) is 7.20. The molecular formula is C4H10N2O2. The van der Waals surface area contributed by atoms with Gasteiger partial charge in [-0.3, -0.25) is 0 Å². The number of rotatable bonds is 3. The van der Waals surface area contributed by atoms with Crippen LogP contribution in [0, 0.1) is 5.21 Å². The van der Waals surface area contributed by atoms with Crippen molar-refractivity contribution in [2.75, 3.05) is 13.7 Å². The van der Waals surface area contributed by atoms with Crippen molar-refractivity contribution in [2.45, 2.75) is 13.3 Å². The van der Waals surface area contributed by atoms with Gasteiger partial charge in [0.15, 0.2) is 5.02 Å². The van der Waals surface area contributed by atoms with E-state index >= 15 is 0 Å². The van der Waals surface area contributed by atoms with Crippen molar-refractivity contribution in [3.63, 3.8) is 0 Å². The maximum atomic E-state index is 10.1. The molecule has 0 N–H and O–H groups in total. The normalized spacial score (nSPS) is 11.5. The van der Waals surface area contributed by atoms with Crippen LogP contribution in [0.2, 0.25) is 0 Å². The van der Waals surface area contributed by atoms with Gasteiger partial charge in [-0.1, -0.05) is 6.92 Å². The summed E-state index contributed by atoms with van der Waals surface area (Å²) in [6, 6.07) is 0. The van der Waals surface area contributed by atoms with Crippen LogP contribution in [-0.4, -0.2) is 18.7 Å². The van der Waals surface area contributed by atoms with E-state index in [-0.39, 0.29) is 5.02 Å². The topological polar surface area (TPSA) is 47.7 Å². The molecule has 0 atom stereocenters. The van der Waals surface area contributed by atoms with Crippen molar-refractivity contribution in [3.8, 4) is 0 Å². The van der Waals surface area contributed by atoms with Gasteiger partial charge in [0, 0.05) is 5.11 Å². The molecule has 0 aliphatic heterocycles. The average molecular weight is 118 g/mol. The van der Waals surface area contributed by atoms with Gasteiger partial charge in [0.1, 0.15) is 0 Å². The highest BCUT2D eigenvalue weighted by Crippen LogP contribution is 1.80. The van der Waals surface area contributed by atoms with Gasteiger partial charge in [-0.2, -0.15) is 0 Å². The molecule has 4 heteroatoms. The molecule has 0 fully saturated rings. The van der Waals surface area contributed by atoms with Crippen LogP contribution >= 0.6 is 0 Å². The second-order valence-corrected chi connectivity index (χ2v) is 1.27. The minimum absolute atomic E-state index is 0.212. The van der Waals surface area contributed by atoms with Gasteiger partial charge in [0.25, 0.3) is 0 Å². The maximum Gasteiger partial charge on any atom is 0.168 e. The fraction of sp³-hybridized carbons (Fsp3) is 1.00. The number of hydrogen-bond donors (Lipinski definition) is 0. The second-order valence-electron chi connectivity index (χ2n) is 1.27. The van der Waals surface area contributed by atoms with E-state index < -0.39 is 0 Å². The summed E-state index contributed by atoms with van der Waals surface area (Å²) in [6.07, 6.45) is 0.828. The van der Waals surface area contributed by atoms with Crippen molar-refractivity contribution in [2.24, 2.45) is 5.11 Å². The van der Waals surface area contributed by atoms with Gasteiger partial charge in [-0.25, -0.2) is 5.21 Å². The molecule has 0 aliphatic carbocycles. The summed E-state index contributed by atoms with van der Waals surface area (Å²) in [6.45, 7) is 2.35. The lowest BCUT2D eigenvalue weighted by Gasteiger charge is -1.96. The molecule has 0 unspecified atom stereocenters. The summed E-state index contributed by atoms with van der Waals surface area (Å²) in [5.41, 5.74) is 0. The molecule has 0 aromatic carbocycles. The Bertz CT molecular complexity index is 82.1. The molecule has 0 spiro atoms. The second kappa shape index (κ2) is 4.36. The quantitative estimate of drug-likeness (QED) is 0.408. The Kier molecular flexibility index (Phi) is 3.93. The van der Waals surface area contributed by atoms with Crippen LogP contribution in [0.3, 0.4) is 0 Å². The first-order valence-corrected chi connectivity index (χ1v) is 2.51. The maximum absolute atomic E-state index is 10.1. The molecule has 0 heterocycles. The lowest BCUT2D eigenvalue weighted by atomic mass is 10.5. The van der Waals surface area contributed by atoms with Gasteiger partial charge in [-0.15, -0.1) is 0 Å². The van der Waals surface area contributed by atoms with E-state index in [1.807, 2.05) is 6.92 Å². The summed E-state index contributed by atoms with van der Waals surface area (Å²) in [7, 11) is 1.38. The Morgan fingerprint density at radius 3 is 2.75 bits per heavy atom. The molecular weight excluding hydrogens is 108 g/mol. The third kappa shape index (κ3) is 3.39. The predicted molar refractivity (Wildman–Crippen MR) is 28.2 cm³/mol. The summed E-state index contributed by atoms with van der Waals surface area (Å²) in [5, 5.41) is 13.5. The van der Waals surface area contributed by atoms with E-state index in [1.165, 1.54) is 7.05 Å². The van der Waals surface area contributed by atoms with Crippen LogP contribution < -0.4 is 0 Å². The molecule has 0 aromatic rings. The highest BCUT2D eigenvalue weighted by atomic mass is 16.9. The zero-order chi connectivity index (χ0) is 6.41. The molecule has 0 saturated carbocycles. The van der Waals surface area contributed by atoms with Crippen LogP contribution in [0.15, 0.2) is 5.11 Å². The van der Waals surface area contributed by atoms with Crippen molar-refractivity contribution in [1.29, 1.82) is 0 Å². The van der Waals surface area contributed by atoms with Crippen LogP contribution in [0.5, 0.6) is 0 Å². The van der Waals surface area contributed by atoms with Crippen molar-refractivity contribution < 1.29 is 9.86 Å². The Morgan fingerprint density at radius 2 is 2.38 bits per heavy atom. The Morgan fingerprint density at radius 1 is 1.75 bits per heavy atom. The largest absolute Gasteiger partial charge is 0.380 e. The first-order chi connectivity index (χ1) is 3.81. The molecule has 0 aliphatic rings. The van der Waals surface area contributed by atoms with E-state index in [0.29, 0.717) is 6.61 Å². The third-order valence-electron chi connectivity index (χ3n) is 0.569. The van der Waals surface area contributed by atoms with Crippen molar-refractivity contribution >= 4 is 0 Å². The molecule has 0 rings (SSSR count). The van der Waals surface area contributed by atoms with Crippen LogP contribution in [0.1, 0.15) is 13.3 Å². The van der Waals surface area contributed by atoms with Crippen LogP contribution in [0.25, 0.3) is 0 Å². The van der Waals surface area contributed by atoms with Gasteiger partial charge in [-0.05, 0) is 6.42 Å². The minimum atomic E-state index is 0.212. The van der Waals surface area contributed by atoms with Crippen molar-refractivity contribution in [1.82, 2.24) is 0 Å². The van der Waals surface area contributed by atoms with E-state index in [1.54, 1.807) is 0 Å². The molecule has 0 radical (unpaired) electrons. The standard InChI is InChI=1S/C4H10N2O2/c1-3-4-8-6(7)5-2/h3-4H2,1-2H3. The van der Waals surface area contributed by atoms with E-state index in [4.69, 9.17) is 0 Å². The fourth-order valence-electron chi connectivity index (χ4n) is 0.227. The fourth-order valence-corrected chi connectivity index (χ4v) is 0.227. The molecule has 4 nitrogen and oxygen atoms in total. The van der Waals surface area contributed by atoms with E-state index in [9.17, 15) is 5.21 Å². The molecule has 0 aromatic heterocycles. The zero-order valence-electron chi connectivity index (χ0n) is 5.13. The number of nitrogens with zero attached hydrogens (tertiary/aromatic N) is 2. The summed E-state index contributed by atoms with van der Waals surface area (Å²) in [5.74, 6) is 0. The highest BCUT2D eigenvalue weighted by Gasteiger charge is 1.85. The lowest BCUT2D eigenvalue weighted by Crippen LogP contribution is -2.01. The first-order valence-electron chi connectivity index (χ1n) is 2.51. The molecule has 8 heavy (non-hydrogen) atoms. The third-order valence-corrected chi connectivity index (χ3v) is 0.569. The zero-order valence-corrected chi connectivity index (χ0v) is 5.13. The summed E-state index contributed by atoms with van der Waals surface area (Å²) in [4.78, 5) is 4.45. The Hall–Kier alpha value is -0.800. The number of hydrogen-bond acceptors (Lipinski definition) is 3. The Labute approximate surface area is 48.3 Å². The molecule has 48 valence electrons. The SMILES string of the molecule is CCCO[N+]([O-])=NC. The van der Waals surface area contributed by atoms with Gasteiger partial charge >= 0.3 is 0 Å². The van der Waals surface area contributed by atoms with E-state index in [0.717, 1.165) is 6.42 Å². The highest BCUT2D eigenvalue weighted by molar-refractivity contribution is 4.13. The lowest BCUT2D eigenvalue weighted by molar-refractivity contribution is -0.789.